The molecule has 0 fully saturated rings. The van der Waals surface area contributed by atoms with Crippen molar-refractivity contribution in [2.45, 2.75) is 26.3 Å². The van der Waals surface area contributed by atoms with Gasteiger partial charge in [0, 0.05) is 24.0 Å². The second-order valence-corrected chi connectivity index (χ2v) is 5.75. The van der Waals surface area contributed by atoms with Crippen molar-refractivity contribution < 1.29 is 4.79 Å². The van der Waals surface area contributed by atoms with E-state index in [0.29, 0.717) is 6.54 Å². The van der Waals surface area contributed by atoms with Crippen LogP contribution >= 0.6 is 11.3 Å². The molecule has 0 spiro atoms. The Bertz CT molecular complexity index is 552. The van der Waals surface area contributed by atoms with Gasteiger partial charge < -0.3 is 10.6 Å². The van der Waals surface area contributed by atoms with Gasteiger partial charge >= 0.3 is 0 Å². The van der Waals surface area contributed by atoms with Gasteiger partial charge in [0.1, 0.15) is 0 Å². The van der Waals surface area contributed by atoms with E-state index in [2.05, 4.69) is 41.8 Å². The molecule has 0 aliphatic heterocycles. The summed E-state index contributed by atoms with van der Waals surface area (Å²) in [5.41, 5.74) is 3.44. The lowest BCUT2D eigenvalue weighted by molar-refractivity contribution is 0.0953. The van der Waals surface area contributed by atoms with Crippen LogP contribution in [0.4, 0.5) is 0 Å². The van der Waals surface area contributed by atoms with Gasteiger partial charge in [0.25, 0.3) is 5.91 Å². The summed E-state index contributed by atoms with van der Waals surface area (Å²) >= 11 is 1.54. The molecule has 0 aliphatic carbocycles. The molecule has 0 atom stereocenters. The first-order valence-electron chi connectivity index (χ1n) is 7.38. The molecule has 3 nitrogen and oxygen atoms in total. The molecular formula is C17H22N2OS. The normalized spacial score (nSPS) is 10.5. The third kappa shape index (κ3) is 5.33. The fourth-order valence-electron chi connectivity index (χ4n) is 2.10. The molecule has 1 heterocycles. The molecule has 1 amide bonds. The molecule has 2 rings (SSSR count). The Hall–Kier alpha value is -1.65. The van der Waals surface area contributed by atoms with Crippen molar-refractivity contribution in [3.8, 4) is 0 Å². The molecule has 1 aromatic heterocycles. The second-order valence-electron chi connectivity index (χ2n) is 4.97. The van der Waals surface area contributed by atoms with Crippen LogP contribution in [0.25, 0.3) is 0 Å². The maximum absolute atomic E-state index is 11.7. The zero-order chi connectivity index (χ0) is 14.9. The third-order valence-electron chi connectivity index (χ3n) is 3.33. The van der Waals surface area contributed by atoms with Gasteiger partial charge in [-0.15, -0.1) is 0 Å². The van der Waals surface area contributed by atoms with Gasteiger partial charge in [0.2, 0.25) is 0 Å². The molecule has 0 unspecified atom stereocenters. The minimum absolute atomic E-state index is 0.0203. The summed E-state index contributed by atoms with van der Waals surface area (Å²) in [6.45, 7) is 4.66. The van der Waals surface area contributed by atoms with E-state index < -0.39 is 0 Å². The molecule has 0 saturated carbocycles. The quantitative estimate of drug-likeness (QED) is 0.735. The molecule has 21 heavy (non-hydrogen) atoms. The van der Waals surface area contributed by atoms with E-state index in [1.54, 1.807) is 11.3 Å². The van der Waals surface area contributed by atoms with Gasteiger partial charge in [0.05, 0.1) is 0 Å². The number of rotatable bonds is 8. The van der Waals surface area contributed by atoms with E-state index in [1.807, 2.05) is 16.8 Å². The minimum Gasteiger partial charge on any atom is -0.352 e. The fraction of sp³-hybridized carbons (Fsp3) is 0.353. The number of thiophene rings is 1. The highest BCUT2D eigenvalue weighted by Crippen LogP contribution is 2.06. The van der Waals surface area contributed by atoms with Gasteiger partial charge in [0.15, 0.2) is 0 Å². The van der Waals surface area contributed by atoms with Crippen molar-refractivity contribution in [2.24, 2.45) is 0 Å². The van der Waals surface area contributed by atoms with Crippen molar-refractivity contribution in [3.05, 3.63) is 57.8 Å². The zero-order valence-corrected chi connectivity index (χ0v) is 13.2. The molecular weight excluding hydrogens is 280 g/mol. The van der Waals surface area contributed by atoms with E-state index in [9.17, 15) is 4.79 Å². The van der Waals surface area contributed by atoms with Crippen LogP contribution in [0.2, 0.25) is 0 Å². The van der Waals surface area contributed by atoms with Crippen LogP contribution in [0.3, 0.4) is 0 Å². The van der Waals surface area contributed by atoms with Crippen LogP contribution in [0.15, 0.2) is 41.1 Å². The maximum atomic E-state index is 11.7. The molecule has 1 aromatic carbocycles. The monoisotopic (exact) mass is 302 g/mol. The highest BCUT2D eigenvalue weighted by molar-refractivity contribution is 7.08. The Morgan fingerprint density at radius 1 is 1.19 bits per heavy atom. The first kappa shape index (κ1) is 15.7. The molecule has 2 N–H and O–H groups in total. The molecule has 0 bridgehead atoms. The van der Waals surface area contributed by atoms with Gasteiger partial charge in [-0.2, -0.15) is 11.3 Å². The van der Waals surface area contributed by atoms with Crippen molar-refractivity contribution in [2.75, 3.05) is 13.1 Å². The standard InChI is InChI=1S/C17H22N2OS/c1-2-14-5-3-6-15(11-14)12-18-8-4-9-19-17(20)16-7-10-21-13-16/h3,5-7,10-11,13,18H,2,4,8-9,12H2,1H3,(H,19,20). The number of aryl methyl sites for hydroxylation is 1. The summed E-state index contributed by atoms with van der Waals surface area (Å²) in [7, 11) is 0. The lowest BCUT2D eigenvalue weighted by Crippen LogP contribution is -2.26. The number of nitrogens with one attached hydrogen (secondary N) is 2. The SMILES string of the molecule is CCc1cccc(CNCCCNC(=O)c2ccsc2)c1. The van der Waals surface area contributed by atoms with Crippen molar-refractivity contribution in [1.82, 2.24) is 10.6 Å². The third-order valence-corrected chi connectivity index (χ3v) is 4.01. The number of amides is 1. The van der Waals surface area contributed by atoms with Crippen LogP contribution in [-0.2, 0) is 13.0 Å². The number of carbonyl (C=O) groups is 1. The van der Waals surface area contributed by atoms with Gasteiger partial charge in [-0.1, -0.05) is 31.2 Å². The highest BCUT2D eigenvalue weighted by Gasteiger charge is 2.03. The van der Waals surface area contributed by atoms with Crippen LogP contribution in [-0.4, -0.2) is 19.0 Å². The second kappa shape index (κ2) is 8.60. The van der Waals surface area contributed by atoms with Gasteiger partial charge in [-0.3, -0.25) is 4.79 Å². The van der Waals surface area contributed by atoms with Gasteiger partial charge in [-0.25, -0.2) is 0 Å². The summed E-state index contributed by atoms with van der Waals surface area (Å²) in [6.07, 6.45) is 2.01. The van der Waals surface area contributed by atoms with Crippen LogP contribution in [0, 0.1) is 0 Å². The van der Waals surface area contributed by atoms with Crippen LogP contribution in [0.5, 0.6) is 0 Å². The predicted molar refractivity (Wildman–Crippen MR) is 88.8 cm³/mol. The van der Waals surface area contributed by atoms with Crippen molar-refractivity contribution >= 4 is 17.2 Å². The van der Waals surface area contributed by atoms with E-state index in [1.165, 1.54) is 11.1 Å². The molecule has 4 heteroatoms. The summed E-state index contributed by atoms with van der Waals surface area (Å²) < 4.78 is 0. The lowest BCUT2D eigenvalue weighted by atomic mass is 10.1. The smallest absolute Gasteiger partial charge is 0.252 e. The van der Waals surface area contributed by atoms with Gasteiger partial charge in [-0.05, 0) is 42.0 Å². The average Bonchev–Trinajstić information content (AvgIpc) is 3.05. The average molecular weight is 302 g/mol. The summed E-state index contributed by atoms with van der Waals surface area (Å²) in [5, 5.41) is 10.1. The zero-order valence-electron chi connectivity index (χ0n) is 12.4. The number of carbonyl (C=O) groups excluding carboxylic acids is 1. The Balaban J connectivity index is 1.58. The Morgan fingerprint density at radius 2 is 2.05 bits per heavy atom. The van der Waals surface area contributed by atoms with E-state index >= 15 is 0 Å². The topological polar surface area (TPSA) is 41.1 Å². The maximum Gasteiger partial charge on any atom is 0.252 e. The molecule has 0 saturated heterocycles. The van der Waals surface area contributed by atoms with E-state index in [4.69, 9.17) is 0 Å². The van der Waals surface area contributed by atoms with Crippen LogP contribution in [0.1, 0.15) is 34.8 Å². The molecule has 2 aromatic rings. The Kier molecular flexibility index (Phi) is 6.44. The number of benzene rings is 1. The predicted octanol–water partition coefficient (Wildman–Crippen LogP) is 3.22. The summed E-state index contributed by atoms with van der Waals surface area (Å²) in [5.74, 6) is 0.0203. The molecule has 0 radical (unpaired) electrons. The largest absolute Gasteiger partial charge is 0.352 e. The van der Waals surface area contributed by atoms with E-state index in [0.717, 1.165) is 31.5 Å². The Morgan fingerprint density at radius 3 is 2.81 bits per heavy atom. The summed E-state index contributed by atoms with van der Waals surface area (Å²) in [4.78, 5) is 11.7. The van der Waals surface area contributed by atoms with E-state index in [-0.39, 0.29) is 5.91 Å². The summed E-state index contributed by atoms with van der Waals surface area (Å²) in [6, 6.07) is 10.5. The molecule has 0 aliphatic rings. The minimum atomic E-state index is 0.0203. The van der Waals surface area contributed by atoms with Crippen molar-refractivity contribution in [3.63, 3.8) is 0 Å². The fourth-order valence-corrected chi connectivity index (χ4v) is 2.74. The first-order chi connectivity index (χ1) is 10.3. The first-order valence-corrected chi connectivity index (χ1v) is 8.33. The highest BCUT2D eigenvalue weighted by atomic mass is 32.1. The van der Waals surface area contributed by atoms with Crippen molar-refractivity contribution in [1.29, 1.82) is 0 Å². The van der Waals surface area contributed by atoms with Crippen LogP contribution < -0.4 is 10.6 Å². The Labute approximate surface area is 130 Å². The number of hydrogen-bond acceptors (Lipinski definition) is 3. The molecule has 112 valence electrons. The number of hydrogen-bond donors (Lipinski definition) is 2. The lowest BCUT2D eigenvalue weighted by Gasteiger charge is -2.07.